The van der Waals surface area contributed by atoms with Crippen LogP contribution < -0.4 is 5.32 Å². The summed E-state index contributed by atoms with van der Waals surface area (Å²) in [5.41, 5.74) is 1.05. The van der Waals surface area contributed by atoms with Crippen molar-refractivity contribution >= 4 is 23.4 Å². The summed E-state index contributed by atoms with van der Waals surface area (Å²) in [4.78, 5) is 17.5. The van der Waals surface area contributed by atoms with Crippen molar-refractivity contribution < 1.29 is 14.6 Å². The van der Waals surface area contributed by atoms with Crippen LogP contribution in [0.25, 0.3) is 0 Å². The Hall–Kier alpha value is -2.15. The Bertz CT molecular complexity index is 735. The number of carbonyl (C=O) groups is 1. The molecule has 0 spiro atoms. The number of anilines is 1. The third kappa shape index (κ3) is 4.48. The van der Waals surface area contributed by atoms with Crippen LogP contribution in [-0.4, -0.2) is 53.8 Å². The fourth-order valence-electron chi connectivity index (χ4n) is 2.92. The van der Waals surface area contributed by atoms with E-state index in [2.05, 4.69) is 15.2 Å². The predicted molar refractivity (Wildman–Crippen MR) is 96.3 cm³/mol. The average Bonchev–Trinajstić information content (AvgIpc) is 2.64. The van der Waals surface area contributed by atoms with Gasteiger partial charge in [0.05, 0.1) is 19.3 Å². The first-order chi connectivity index (χ1) is 12.1. The molecule has 0 saturated carbocycles. The molecule has 0 aliphatic carbocycles. The highest BCUT2D eigenvalue weighted by molar-refractivity contribution is 6.31. The lowest BCUT2D eigenvalue weighted by Gasteiger charge is -2.35. The van der Waals surface area contributed by atoms with Crippen molar-refractivity contribution in [3.63, 3.8) is 0 Å². The van der Waals surface area contributed by atoms with E-state index in [0.29, 0.717) is 30.6 Å². The van der Waals surface area contributed by atoms with E-state index < -0.39 is 5.97 Å². The summed E-state index contributed by atoms with van der Waals surface area (Å²) >= 11 is 6.41. The van der Waals surface area contributed by atoms with Crippen molar-refractivity contribution in [3.8, 4) is 0 Å². The minimum Gasteiger partial charge on any atom is -0.477 e. The molecule has 0 amide bonds. The van der Waals surface area contributed by atoms with Gasteiger partial charge in [-0.15, -0.1) is 0 Å². The van der Waals surface area contributed by atoms with Crippen LogP contribution in [0.2, 0.25) is 5.02 Å². The lowest BCUT2D eigenvalue weighted by molar-refractivity contribution is 0.0187. The summed E-state index contributed by atoms with van der Waals surface area (Å²) in [6, 6.07) is 12.7. The van der Waals surface area contributed by atoms with Gasteiger partial charge in [-0.1, -0.05) is 35.9 Å². The van der Waals surface area contributed by atoms with Crippen molar-refractivity contribution in [2.24, 2.45) is 0 Å². The number of rotatable bonds is 6. The van der Waals surface area contributed by atoms with E-state index in [9.17, 15) is 4.79 Å². The van der Waals surface area contributed by atoms with Gasteiger partial charge in [-0.05, 0) is 23.8 Å². The fourth-order valence-corrected chi connectivity index (χ4v) is 3.19. The van der Waals surface area contributed by atoms with E-state index in [1.807, 2.05) is 24.3 Å². The monoisotopic (exact) mass is 361 g/mol. The molecule has 1 aromatic heterocycles. The topological polar surface area (TPSA) is 74.7 Å². The van der Waals surface area contributed by atoms with Crippen LogP contribution in [0.5, 0.6) is 0 Å². The number of pyridine rings is 1. The molecule has 6 nitrogen and oxygen atoms in total. The van der Waals surface area contributed by atoms with Crippen molar-refractivity contribution in [2.75, 3.05) is 38.2 Å². The number of hydrogen-bond acceptors (Lipinski definition) is 5. The second-order valence-corrected chi connectivity index (χ2v) is 6.19. The molecule has 1 saturated heterocycles. The molecule has 1 atom stereocenters. The maximum atomic E-state index is 11.1. The maximum Gasteiger partial charge on any atom is 0.354 e. The van der Waals surface area contributed by atoms with E-state index in [-0.39, 0.29) is 11.7 Å². The van der Waals surface area contributed by atoms with Gasteiger partial charge in [0.2, 0.25) is 0 Å². The Morgan fingerprint density at radius 2 is 2.00 bits per heavy atom. The summed E-state index contributed by atoms with van der Waals surface area (Å²) in [6.45, 7) is 3.58. The number of nitrogens with zero attached hydrogens (tertiary/aromatic N) is 2. The lowest BCUT2D eigenvalue weighted by Crippen LogP contribution is -2.41. The number of morpholine rings is 1. The third-order valence-corrected chi connectivity index (χ3v) is 4.54. The molecule has 2 aromatic rings. The number of nitrogens with one attached hydrogen (secondary N) is 1. The van der Waals surface area contributed by atoms with Crippen LogP contribution in [-0.2, 0) is 4.74 Å². The molecule has 1 fully saturated rings. The molecule has 1 aliphatic heterocycles. The Morgan fingerprint density at radius 1 is 1.24 bits per heavy atom. The number of halogens is 1. The maximum absolute atomic E-state index is 11.1. The summed E-state index contributed by atoms with van der Waals surface area (Å²) in [5, 5.41) is 13.0. The predicted octanol–water partition coefficient (Wildman–Crippen LogP) is 2.92. The largest absolute Gasteiger partial charge is 0.477 e. The SMILES string of the molecule is O=C(O)c1cccc(NCC(c2ccccc2Cl)N2CCOCC2)n1. The second-order valence-electron chi connectivity index (χ2n) is 5.78. The molecular formula is C18H20ClN3O3. The number of aromatic carboxylic acids is 1. The van der Waals surface area contributed by atoms with Gasteiger partial charge >= 0.3 is 5.97 Å². The van der Waals surface area contributed by atoms with E-state index in [4.69, 9.17) is 21.4 Å². The number of hydrogen-bond donors (Lipinski definition) is 2. The molecule has 1 aliphatic rings. The van der Waals surface area contributed by atoms with Crippen LogP contribution in [0, 0.1) is 0 Å². The van der Waals surface area contributed by atoms with E-state index >= 15 is 0 Å². The molecule has 2 N–H and O–H groups in total. The van der Waals surface area contributed by atoms with Gasteiger partial charge in [0.25, 0.3) is 0 Å². The molecular weight excluding hydrogens is 342 g/mol. The molecule has 25 heavy (non-hydrogen) atoms. The highest BCUT2D eigenvalue weighted by atomic mass is 35.5. The van der Waals surface area contributed by atoms with Crippen molar-refractivity contribution in [2.45, 2.75) is 6.04 Å². The quantitative estimate of drug-likeness (QED) is 0.824. The molecule has 1 unspecified atom stereocenters. The van der Waals surface area contributed by atoms with Crippen LogP contribution in [0.1, 0.15) is 22.1 Å². The van der Waals surface area contributed by atoms with Crippen molar-refractivity contribution in [1.82, 2.24) is 9.88 Å². The zero-order chi connectivity index (χ0) is 17.6. The van der Waals surface area contributed by atoms with Gasteiger partial charge in [0, 0.05) is 24.7 Å². The molecule has 1 aromatic carbocycles. The first-order valence-electron chi connectivity index (χ1n) is 8.15. The Kier molecular flexibility index (Phi) is 5.86. The van der Waals surface area contributed by atoms with E-state index in [1.54, 1.807) is 12.1 Å². The molecule has 0 radical (unpaired) electrons. The van der Waals surface area contributed by atoms with Crippen molar-refractivity contribution in [1.29, 1.82) is 0 Å². The molecule has 132 valence electrons. The van der Waals surface area contributed by atoms with Gasteiger partial charge in [-0.3, -0.25) is 4.90 Å². The van der Waals surface area contributed by atoms with Crippen LogP contribution in [0.4, 0.5) is 5.82 Å². The van der Waals surface area contributed by atoms with Gasteiger partial charge in [0.1, 0.15) is 5.82 Å². The molecule has 2 heterocycles. The van der Waals surface area contributed by atoms with Crippen LogP contribution >= 0.6 is 11.6 Å². The Morgan fingerprint density at radius 3 is 2.72 bits per heavy atom. The molecule has 0 bridgehead atoms. The summed E-state index contributed by atoms with van der Waals surface area (Å²) in [7, 11) is 0. The highest BCUT2D eigenvalue weighted by Gasteiger charge is 2.24. The standard InChI is InChI=1S/C18H20ClN3O3/c19-14-5-2-1-4-13(14)16(22-8-10-25-11-9-22)12-20-17-7-3-6-15(21-17)18(23)24/h1-7,16H,8-12H2,(H,20,21)(H,23,24). The average molecular weight is 362 g/mol. The third-order valence-electron chi connectivity index (χ3n) is 4.20. The zero-order valence-electron chi connectivity index (χ0n) is 13.7. The van der Waals surface area contributed by atoms with Crippen LogP contribution in [0.3, 0.4) is 0 Å². The normalized spacial score (nSPS) is 16.4. The molecule has 7 heteroatoms. The first-order valence-corrected chi connectivity index (χ1v) is 8.53. The Labute approximate surface area is 151 Å². The lowest BCUT2D eigenvalue weighted by atomic mass is 10.0. The van der Waals surface area contributed by atoms with Gasteiger partial charge in [-0.2, -0.15) is 0 Å². The van der Waals surface area contributed by atoms with Gasteiger partial charge in [0.15, 0.2) is 5.69 Å². The summed E-state index contributed by atoms with van der Waals surface area (Å²) in [5.74, 6) is -0.510. The second kappa shape index (κ2) is 8.29. The zero-order valence-corrected chi connectivity index (χ0v) is 14.4. The fraction of sp³-hybridized carbons (Fsp3) is 0.333. The van der Waals surface area contributed by atoms with Gasteiger partial charge in [-0.25, -0.2) is 9.78 Å². The minimum absolute atomic E-state index is 0.0191. The summed E-state index contributed by atoms with van der Waals surface area (Å²) in [6.07, 6.45) is 0. The van der Waals surface area contributed by atoms with Gasteiger partial charge < -0.3 is 15.2 Å². The number of carboxylic acid groups (broad SMARTS) is 1. The Balaban J connectivity index is 1.79. The molecule has 3 rings (SSSR count). The smallest absolute Gasteiger partial charge is 0.354 e. The first kappa shape index (κ1) is 17.7. The number of carboxylic acids is 1. The minimum atomic E-state index is -1.04. The highest BCUT2D eigenvalue weighted by Crippen LogP contribution is 2.28. The van der Waals surface area contributed by atoms with Crippen LogP contribution in [0.15, 0.2) is 42.5 Å². The van der Waals surface area contributed by atoms with Crippen molar-refractivity contribution in [3.05, 3.63) is 58.7 Å². The number of ether oxygens (including phenoxy) is 1. The number of aromatic nitrogens is 1. The van der Waals surface area contributed by atoms with E-state index in [0.717, 1.165) is 18.7 Å². The number of benzene rings is 1. The summed E-state index contributed by atoms with van der Waals surface area (Å²) < 4.78 is 5.45. The van der Waals surface area contributed by atoms with E-state index in [1.165, 1.54) is 6.07 Å².